The van der Waals surface area contributed by atoms with Gasteiger partial charge in [0.15, 0.2) is 0 Å². The molecule has 0 aromatic carbocycles. The summed E-state index contributed by atoms with van der Waals surface area (Å²) < 4.78 is 0. The Labute approximate surface area is 163 Å². The van der Waals surface area contributed by atoms with Gasteiger partial charge >= 0.3 is 0 Å². The Morgan fingerprint density at radius 1 is 0.808 bits per heavy atom. The highest BCUT2D eigenvalue weighted by molar-refractivity contribution is 4.93. The van der Waals surface area contributed by atoms with E-state index in [0.717, 1.165) is 12.1 Å². The van der Waals surface area contributed by atoms with Crippen LogP contribution >= 0.6 is 0 Å². The van der Waals surface area contributed by atoms with E-state index >= 15 is 0 Å². The summed E-state index contributed by atoms with van der Waals surface area (Å²) in [5.41, 5.74) is 0.598. The molecule has 0 unspecified atom stereocenters. The minimum absolute atomic E-state index is 0.296. The van der Waals surface area contributed by atoms with Gasteiger partial charge in [0.2, 0.25) is 0 Å². The first-order valence-electron chi connectivity index (χ1n) is 10.9. The van der Waals surface area contributed by atoms with Crippen LogP contribution in [0.3, 0.4) is 0 Å². The second-order valence-electron chi connectivity index (χ2n) is 10.7. The first kappa shape index (κ1) is 22.1. The van der Waals surface area contributed by atoms with Crippen molar-refractivity contribution in [1.29, 1.82) is 0 Å². The van der Waals surface area contributed by atoms with Gasteiger partial charge in [-0.05, 0) is 108 Å². The van der Waals surface area contributed by atoms with Crippen LogP contribution in [0.15, 0.2) is 0 Å². The zero-order valence-electron chi connectivity index (χ0n) is 19.0. The quantitative estimate of drug-likeness (QED) is 0.653. The van der Waals surface area contributed by atoms with Gasteiger partial charge in [-0.3, -0.25) is 9.80 Å². The summed E-state index contributed by atoms with van der Waals surface area (Å²) in [6.45, 7) is 18.2. The second kappa shape index (κ2) is 8.89. The first-order valence-corrected chi connectivity index (χ1v) is 10.9. The molecule has 0 amide bonds. The maximum atomic E-state index is 2.79. The lowest BCUT2D eigenvalue weighted by atomic mass is 9.96. The summed E-state index contributed by atoms with van der Waals surface area (Å²) in [7, 11) is 6.75. The molecule has 0 bridgehead atoms. The lowest BCUT2D eigenvalue weighted by Gasteiger charge is -2.42. The Balaban J connectivity index is 1.84. The smallest absolute Gasteiger partial charge is 0.0228 e. The van der Waals surface area contributed by atoms with Gasteiger partial charge in [-0.2, -0.15) is 0 Å². The Bertz CT molecular complexity index is 426. The zero-order chi connectivity index (χ0) is 19.5. The van der Waals surface area contributed by atoms with Crippen molar-refractivity contribution in [3.8, 4) is 0 Å². The highest BCUT2D eigenvalue weighted by Gasteiger charge is 2.37. The Morgan fingerprint density at radius 2 is 1.35 bits per heavy atom. The van der Waals surface area contributed by atoms with E-state index in [1.54, 1.807) is 0 Å². The van der Waals surface area contributed by atoms with Gasteiger partial charge in [-0.1, -0.05) is 0 Å². The monoisotopic (exact) mass is 366 g/mol. The van der Waals surface area contributed by atoms with Crippen LogP contribution in [-0.4, -0.2) is 96.6 Å². The zero-order valence-corrected chi connectivity index (χ0v) is 19.0. The lowest BCUT2D eigenvalue weighted by molar-refractivity contribution is 0.0647. The molecule has 2 heterocycles. The van der Waals surface area contributed by atoms with Crippen LogP contribution in [-0.2, 0) is 0 Å². The third kappa shape index (κ3) is 5.92. The number of hydrogen-bond acceptors (Lipinski definition) is 4. The SMILES string of the molecule is CN(C)C[C@H]1CCCN1C(C)(C)CCN(C)C[C@@H]1CCCN1C(C)(C)C. The van der Waals surface area contributed by atoms with Crippen molar-refractivity contribution in [3.63, 3.8) is 0 Å². The molecule has 0 radical (unpaired) electrons. The van der Waals surface area contributed by atoms with Crippen molar-refractivity contribution in [2.75, 3.05) is 53.9 Å². The summed E-state index contributed by atoms with van der Waals surface area (Å²) in [4.78, 5) is 10.5. The van der Waals surface area contributed by atoms with Gasteiger partial charge in [-0.15, -0.1) is 0 Å². The molecule has 2 aliphatic heterocycles. The maximum Gasteiger partial charge on any atom is 0.0228 e. The van der Waals surface area contributed by atoms with E-state index in [-0.39, 0.29) is 0 Å². The minimum atomic E-state index is 0.296. The molecule has 2 saturated heterocycles. The van der Waals surface area contributed by atoms with Gasteiger partial charge in [0.05, 0.1) is 0 Å². The third-order valence-electron chi connectivity index (χ3n) is 6.60. The second-order valence-corrected chi connectivity index (χ2v) is 10.7. The van der Waals surface area contributed by atoms with Crippen LogP contribution in [0.5, 0.6) is 0 Å². The van der Waals surface area contributed by atoms with Gasteiger partial charge in [-0.25, -0.2) is 0 Å². The van der Waals surface area contributed by atoms with Crippen LogP contribution in [0.4, 0.5) is 0 Å². The van der Waals surface area contributed by atoms with E-state index in [0.29, 0.717) is 11.1 Å². The highest BCUT2D eigenvalue weighted by Crippen LogP contribution is 2.30. The predicted octanol–water partition coefficient (Wildman–Crippen LogP) is 3.38. The molecule has 26 heavy (non-hydrogen) atoms. The number of hydrogen-bond donors (Lipinski definition) is 0. The fourth-order valence-electron chi connectivity index (χ4n) is 5.21. The molecule has 2 rings (SSSR count). The van der Waals surface area contributed by atoms with Crippen LogP contribution in [0, 0.1) is 0 Å². The molecule has 0 aromatic heterocycles. The largest absolute Gasteiger partial charge is 0.308 e. The molecule has 0 aliphatic carbocycles. The molecule has 0 N–H and O–H groups in total. The highest BCUT2D eigenvalue weighted by atomic mass is 15.3. The van der Waals surface area contributed by atoms with Gasteiger partial charge < -0.3 is 9.80 Å². The summed E-state index contributed by atoms with van der Waals surface area (Å²) in [6, 6.07) is 1.47. The van der Waals surface area contributed by atoms with E-state index in [2.05, 4.69) is 75.4 Å². The molecular formula is C22H46N4. The van der Waals surface area contributed by atoms with Crippen molar-refractivity contribution in [3.05, 3.63) is 0 Å². The summed E-state index contributed by atoms with van der Waals surface area (Å²) in [5.74, 6) is 0. The molecule has 0 spiro atoms. The molecule has 0 aromatic rings. The molecule has 2 aliphatic rings. The Morgan fingerprint density at radius 3 is 1.88 bits per heavy atom. The number of likely N-dealkylation sites (tertiary alicyclic amines) is 2. The Kier molecular flexibility index (Phi) is 7.57. The molecule has 4 nitrogen and oxygen atoms in total. The lowest BCUT2D eigenvalue weighted by Crippen LogP contribution is -2.52. The summed E-state index contributed by atoms with van der Waals surface area (Å²) in [6.07, 6.45) is 6.71. The normalized spacial score (nSPS) is 26.5. The number of nitrogens with zero attached hydrogens (tertiary/aromatic N) is 4. The maximum absolute atomic E-state index is 2.79. The Hall–Kier alpha value is -0.160. The molecule has 154 valence electrons. The fourth-order valence-corrected chi connectivity index (χ4v) is 5.21. The van der Waals surface area contributed by atoms with Crippen LogP contribution < -0.4 is 0 Å². The van der Waals surface area contributed by atoms with Crippen LogP contribution in [0.25, 0.3) is 0 Å². The third-order valence-corrected chi connectivity index (χ3v) is 6.60. The average molecular weight is 367 g/mol. The summed E-state index contributed by atoms with van der Waals surface area (Å²) >= 11 is 0. The average Bonchev–Trinajstić information content (AvgIpc) is 3.13. The number of likely N-dealkylation sites (N-methyl/N-ethyl adjacent to an activating group) is 2. The fraction of sp³-hybridized carbons (Fsp3) is 1.00. The topological polar surface area (TPSA) is 13.0 Å². The molecule has 2 fully saturated rings. The van der Waals surface area contributed by atoms with Crippen molar-refractivity contribution < 1.29 is 0 Å². The number of rotatable bonds is 8. The standard InChI is InChI=1S/C22H46N4/c1-21(2,3)25-14-9-12-20(25)18-24(8)16-13-22(4,5)26-15-10-11-19(26)17-23(6)7/h19-20H,9-18H2,1-8H3/t19-,20+/m1/s1. The molecular weight excluding hydrogens is 320 g/mol. The van der Waals surface area contributed by atoms with E-state index in [9.17, 15) is 0 Å². The van der Waals surface area contributed by atoms with Gasteiger partial charge in [0, 0.05) is 36.3 Å². The van der Waals surface area contributed by atoms with E-state index in [1.165, 1.54) is 64.8 Å². The molecule has 0 saturated carbocycles. The van der Waals surface area contributed by atoms with Gasteiger partial charge in [0.1, 0.15) is 0 Å². The van der Waals surface area contributed by atoms with Crippen molar-refractivity contribution in [2.24, 2.45) is 0 Å². The predicted molar refractivity (Wildman–Crippen MR) is 114 cm³/mol. The first-order chi connectivity index (χ1) is 12.0. The minimum Gasteiger partial charge on any atom is -0.308 e. The van der Waals surface area contributed by atoms with Crippen LogP contribution in [0.2, 0.25) is 0 Å². The van der Waals surface area contributed by atoms with Crippen LogP contribution in [0.1, 0.15) is 66.7 Å². The van der Waals surface area contributed by atoms with E-state index in [4.69, 9.17) is 0 Å². The van der Waals surface area contributed by atoms with Crippen molar-refractivity contribution in [2.45, 2.75) is 89.9 Å². The molecule has 4 heteroatoms. The van der Waals surface area contributed by atoms with Gasteiger partial charge in [0.25, 0.3) is 0 Å². The molecule has 2 atom stereocenters. The van der Waals surface area contributed by atoms with E-state index in [1.807, 2.05) is 0 Å². The van der Waals surface area contributed by atoms with Crippen molar-refractivity contribution in [1.82, 2.24) is 19.6 Å². The van der Waals surface area contributed by atoms with E-state index < -0.39 is 0 Å². The summed E-state index contributed by atoms with van der Waals surface area (Å²) in [5, 5.41) is 0. The van der Waals surface area contributed by atoms with Crippen molar-refractivity contribution >= 4 is 0 Å².